The van der Waals surface area contributed by atoms with Crippen molar-refractivity contribution in [2.45, 2.75) is 85.0 Å². The molecule has 0 fully saturated rings. The van der Waals surface area contributed by atoms with Gasteiger partial charge in [0, 0.05) is 47.5 Å². The molecule has 0 atom stereocenters. The predicted molar refractivity (Wildman–Crippen MR) is 159 cm³/mol. The number of fused-ring (bicyclic) bond motifs is 2. The molecule has 0 aliphatic carbocycles. The zero-order valence-corrected chi connectivity index (χ0v) is 24.4. The van der Waals surface area contributed by atoms with Crippen molar-refractivity contribution in [2.24, 2.45) is 0 Å². The van der Waals surface area contributed by atoms with E-state index in [2.05, 4.69) is 112 Å². The Morgan fingerprint density at radius 3 is 2.24 bits per heavy atom. The standard InChI is InChI=1S/C34H45N2O2/c1-8-11-21-35-28-19-15-13-17-26(28)33(4,5)30(35)23-25(32(37)38-10-3)24-31-34(6,7)27-18-14-16-20-29(27)36(31)22-12-9-2/h13-20,23-24H,8-12,21-22H2,1-7H3/q+1. The highest BCUT2D eigenvalue weighted by atomic mass is 16.5. The normalized spacial score (nSPS) is 18.7. The Hall–Kier alpha value is -3.14. The summed E-state index contributed by atoms with van der Waals surface area (Å²) in [4.78, 5) is 16.0. The quantitative estimate of drug-likeness (QED) is 0.184. The van der Waals surface area contributed by atoms with Gasteiger partial charge in [-0.3, -0.25) is 0 Å². The molecule has 0 spiro atoms. The first-order valence-corrected chi connectivity index (χ1v) is 14.4. The van der Waals surface area contributed by atoms with Crippen LogP contribution in [0.15, 0.2) is 72.0 Å². The molecule has 0 unspecified atom stereocenters. The summed E-state index contributed by atoms with van der Waals surface area (Å²) >= 11 is 0. The fraction of sp³-hybridized carbons (Fsp3) is 0.471. The monoisotopic (exact) mass is 513 g/mol. The van der Waals surface area contributed by atoms with E-state index in [1.165, 1.54) is 22.5 Å². The van der Waals surface area contributed by atoms with Crippen LogP contribution in [0.25, 0.3) is 0 Å². The van der Waals surface area contributed by atoms with E-state index in [1.54, 1.807) is 0 Å². The fourth-order valence-electron chi connectivity index (χ4n) is 5.98. The number of hydrogen-bond donors (Lipinski definition) is 0. The van der Waals surface area contributed by atoms with E-state index >= 15 is 0 Å². The van der Waals surface area contributed by atoms with Crippen LogP contribution >= 0.6 is 0 Å². The van der Waals surface area contributed by atoms with Crippen molar-refractivity contribution in [1.29, 1.82) is 0 Å². The largest absolute Gasteiger partial charge is 0.462 e. The van der Waals surface area contributed by atoms with Crippen LogP contribution in [0, 0.1) is 0 Å². The van der Waals surface area contributed by atoms with Gasteiger partial charge < -0.3 is 9.64 Å². The minimum absolute atomic E-state index is 0.226. The van der Waals surface area contributed by atoms with Crippen molar-refractivity contribution >= 4 is 23.1 Å². The number of unbranched alkanes of at least 4 members (excludes halogenated alkanes) is 2. The Bertz CT molecular complexity index is 1280. The second-order valence-electron chi connectivity index (χ2n) is 11.5. The molecule has 4 heteroatoms. The summed E-state index contributed by atoms with van der Waals surface area (Å²) in [5, 5.41) is 0. The van der Waals surface area contributed by atoms with E-state index in [9.17, 15) is 4.79 Å². The van der Waals surface area contributed by atoms with Crippen molar-refractivity contribution < 1.29 is 14.1 Å². The van der Waals surface area contributed by atoms with E-state index < -0.39 is 0 Å². The molecule has 202 valence electrons. The molecule has 2 aliphatic rings. The van der Waals surface area contributed by atoms with E-state index in [1.807, 2.05) is 6.92 Å². The number of rotatable bonds is 10. The summed E-state index contributed by atoms with van der Waals surface area (Å²) in [6.45, 7) is 17.6. The number of carbonyl (C=O) groups excluding carboxylic acids is 1. The summed E-state index contributed by atoms with van der Waals surface area (Å²) in [6.07, 6.45) is 8.62. The van der Waals surface area contributed by atoms with Gasteiger partial charge >= 0.3 is 5.97 Å². The number of anilines is 1. The van der Waals surface area contributed by atoms with Crippen LogP contribution in [0.3, 0.4) is 0 Å². The third-order valence-corrected chi connectivity index (χ3v) is 8.16. The molecule has 0 saturated heterocycles. The smallest absolute Gasteiger partial charge is 0.338 e. The van der Waals surface area contributed by atoms with Crippen LogP contribution in [0.4, 0.5) is 11.4 Å². The minimum atomic E-state index is -0.267. The van der Waals surface area contributed by atoms with Crippen LogP contribution in [0.5, 0.6) is 0 Å². The molecule has 0 saturated carbocycles. The first kappa shape index (κ1) is 27.9. The summed E-state index contributed by atoms with van der Waals surface area (Å²) in [5.74, 6) is -0.267. The molecule has 0 radical (unpaired) electrons. The average Bonchev–Trinajstić information content (AvgIpc) is 3.25. The number of esters is 1. The maximum absolute atomic E-state index is 13.5. The molecule has 4 nitrogen and oxygen atoms in total. The highest BCUT2D eigenvalue weighted by Gasteiger charge is 2.45. The van der Waals surface area contributed by atoms with E-state index in [0.29, 0.717) is 12.2 Å². The predicted octanol–water partition coefficient (Wildman–Crippen LogP) is 7.83. The van der Waals surface area contributed by atoms with Crippen LogP contribution in [-0.4, -0.2) is 36.0 Å². The molecule has 2 aromatic rings. The number of ether oxygens (including phenoxy) is 1. The third-order valence-electron chi connectivity index (χ3n) is 8.16. The fourth-order valence-corrected chi connectivity index (χ4v) is 5.98. The van der Waals surface area contributed by atoms with Gasteiger partial charge in [0.05, 0.1) is 17.6 Å². The molecular weight excluding hydrogens is 468 g/mol. The number of nitrogens with zero attached hydrogens (tertiary/aromatic N) is 2. The van der Waals surface area contributed by atoms with Gasteiger partial charge in [0.2, 0.25) is 5.69 Å². The maximum atomic E-state index is 13.5. The van der Waals surface area contributed by atoms with Crippen molar-refractivity contribution in [3.05, 3.63) is 83.1 Å². The number of para-hydroxylation sites is 2. The van der Waals surface area contributed by atoms with E-state index in [-0.39, 0.29) is 16.8 Å². The van der Waals surface area contributed by atoms with Gasteiger partial charge in [-0.1, -0.05) is 76.9 Å². The zero-order valence-electron chi connectivity index (χ0n) is 24.4. The van der Waals surface area contributed by atoms with Gasteiger partial charge in [0.1, 0.15) is 6.54 Å². The van der Waals surface area contributed by atoms with Crippen molar-refractivity contribution in [1.82, 2.24) is 0 Å². The molecule has 2 heterocycles. The zero-order chi connectivity index (χ0) is 27.5. The molecule has 0 bridgehead atoms. The summed E-state index contributed by atoms with van der Waals surface area (Å²) in [5.41, 5.74) is 7.56. The van der Waals surface area contributed by atoms with Gasteiger partial charge in [-0.25, -0.2) is 4.79 Å². The minimum Gasteiger partial charge on any atom is -0.462 e. The Morgan fingerprint density at radius 1 is 0.895 bits per heavy atom. The van der Waals surface area contributed by atoms with Gasteiger partial charge in [0.15, 0.2) is 5.71 Å². The lowest BCUT2D eigenvalue weighted by Gasteiger charge is -2.27. The number of allylic oxidation sites excluding steroid dienone is 2. The van der Waals surface area contributed by atoms with Gasteiger partial charge in [-0.15, -0.1) is 0 Å². The molecule has 0 aromatic heterocycles. The Balaban J connectivity index is 1.91. The number of carbonyl (C=O) groups is 1. The van der Waals surface area contributed by atoms with Gasteiger partial charge in [0.25, 0.3) is 0 Å². The number of benzene rings is 2. The molecule has 38 heavy (non-hydrogen) atoms. The van der Waals surface area contributed by atoms with Crippen molar-refractivity contribution in [3.8, 4) is 0 Å². The van der Waals surface area contributed by atoms with Crippen molar-refractivity contribution in [2.75, 3.05) is 24.6 Å². The maximum Gasteiger partial charge on any atom is 0.338 e. The van der Waals surface area contributed by atoms with Crippen LogP contribution in [0.2, 0.25) is 0 Å². The second-order valence-corrected chi connectivity index (χ2v) is 11.5. The molecule has 2 aromatic carbocycles. The Kier molecular flexibility index (Phi) is 8.30. The van der Waals surface area contributed by atoms with Crippen LogP contribution < -0.4 is 4.90 Å². The number of hydrogen-bond acceptors (Lipinski definition) is 3. The first-order valence-electron chi connectivity index (χ1n) is 14.4. The summed E-state index contributed by atoms with van der Waals surface area (Å²) in [6, 6.07) is 17.3. The van der Waals surface area contributed by atoms with E-state index in [0.717, 1.165) is 50.2 Å². The summed E-state index contributed by atoms with van der Waals surface area (Å²) < 4.78 is 8.06. The molecular formula is C34H45N2O2+. The van der Waals surface area contributed by atoms with Crippen molar-refractivity contribution in [3.63, 3.8) is 0 Å². The van der Waals surface area contributed by atoms with Crippen LogP contribution in [0.1, 0.15) is 85.3 Å². The lowest BCUT2D eigenvalue weighted by Crippen LogP contribution is -2.30. The molecule has 4 rings (SSSR count). The first-order chi connectivity index (χ1) is 18.2. The van der Waals surface area contributed by atoms with Gasteiger partial charge in [-0.05, 0) is 44.9 Å². The molecule has 0 amide bonds. The lowest BCUT2D eigenvalue weighted by atomic mass is 9.80. The average molecular weight is 514 g/mol. The SMILES string of the molecule is CCCCN1/C(=C/C(=C/C2=[N+](CCCC)c3ccccc3C2(C)C)C(=O)OCC)C(C)(C)c2ccccc21. The lowest BCUT2D eigenvalue weighted by molar-refractivity contribution is -0.438. The molecule has 0 N–H and O–H groups in total. The Morgan fingerprint density at radius 2 is 1.55 bits per heavy atom. The highest BCUT2D eigenvalue weighted by molar-refractivity contribution is 6.08. The highest BCUT2D eigenvalue weighted by Crippen LogP contribution is 2.48. The Labute approximate surface area is 229 Å². The van der Waals surface area contributed by atoms with Gasteiger partial charge in [-0.2, -0.15) is 4.58 Å². The topological polar surface area (TPSA) is 32.5 Å². The summed E-state index contributed by atoms with van der Waals surface area (Å²) in [7, 11) is 0. The molecule has 2 aliphatic heterocycles. The second kappa shape index (κ2) is 11.3. The van der Waals surface area contributed by atoms with Crippen LogP contribution in [-0.2, 0) is 20.4 Å². The third kappa shape index (κ3) is 4.98. The van der Waals surface area contributed by atoms with E-state index in [4.69, 9.17) is 4.74 Å².